The minimum Gasteiger partial charge on any atom is -0.399 e. The van der Waals surface area contributed by atoms with E-state index < -0.39 is 5.66 Å². The van der Waals surface area contributed by atoms with Crippen LogP contribution in [0.4, 0.5) is 5.13 Å². The van der Waals surface area contributed by atoms with Gasteiger partial charge in [-0.15, -0.1) is 0 Å². The summed E-state index contributed by atoms with van der Waals surface area (Å²) in [6.07, 6.45) is 7.61. The van der Waals surface area contributed by atoms with Crippen molar-refractivity contribution in [3.63, 3.8) is 0 Å². The normalized spacial score (nSPS) is 30.5. The van der Waals surface area contributed by atoms with E-state index in [-0.39, 0.29) is 0 Å². The number of hydrogen-bond acceptors (Lipinski definition) is 6. The van der Waals surface area contributed by atoms with Crippen molar-refractivity contribution in [3.05, 3.63) is 48.3 Å². The molecule has 0 spiro atoms. The third-order valence-corrected chi connectivity index (χ3v) is 5.54. The number of nitrogens with two attached hydrogens (primary N) is 2. The molecule has 1 saturated carbocycles. The Morgan fingerprint density at radius 1 is 1.32 bits per heavy atom. The van der Waals surface area contributed by atoms with Crippen LogP contribution in [0, 0.1) is 5.92 Å². The van der Waals surface area contributed by atoms with Crippen LogP contribution in [0.25, 0.3) is 10.2 Å². The number of hydrogen-bond donors (Lipinski definition) is 4. The molecule has 1 aromatic carbocycles. The lowest BCUT2D eigenvalue weighted by Crippen LogP contribution is -2.65. The zero-order valence-corrected chi connectivity index (χ0v) is 12.9. The second kappa shape index (κ2) is 5.00. The molecule has 5 nitrogen and oxygen atoms in total. The third-order valence-electron chi connectivity index (χ3n) is 4.58. The standard InChI is InChI=1S/C16H19N5S/c17-14-6-3-7-19-16(14,18)10-8-11(9-10)20-15-21-12-4-1-2-5-13(12)22-15/h1-7,10-11,19H,8-9,17-18H2,(H,20,21). The Morgan fingerprint density at radius 2 is 2.14 bits per heavy atom. The van der Waals surface area contributed by atoms with E-state index in [1.54, 1.807) is 11.3 Å². The van der Waals surface area contributed by atoms with Gasteiger partial charge in [0.15, 0.2) is 5.13 Å². The van der Waals surface area contributed by atoms with E-state index in [1.165, 1.54) is 4.70 Å². The van der Waals surface area contributed by atoms with Gasteiger partial charge in [0, 0.05) is 17.7 Å². The summed E-state index contributed by atoms with van der Waals surface area (Å²) < 4.78 is 1.21. The molecule has 1 aliphatic heterocycles. The first-order valence-corrected chi connectivity index (χ1v) is 8.28. The lowest BCUT2D eigenvalue weighted by atomic mass is 9.70. The molecular formula is C16H19N5S. The Bertz CT molecular complexity index is 726. The largest absolute Gasteiger partial charge is 0.399 e. The zero-order chi connectivity index (χ0) is 15.2. The first-order chi connectivity index (χ1) is 10.6. The number of allylic oxidation sites excluding steroid dienone is 2. The quantitative estimate of drug-likeness (QED) is 0.697. The van der Waals surface area contributed by atoms with Crippen molar-refractivity contribution in [3.8, 4) is 0 Å². The van der Waals surface area contributed by atoms with Crippen molar-refractivity contribution in [1.82, 2.24) is 10.3 Å². The number of dihydropyridines is 1. The smallest absolute Gasteiger partial charge is 0.184 e. The maximum absolute atomic E-state index is 6.43. The summed E-state index contributed by atoms with van der Waals surface area (Å²) in [4.78, 5) is 4.62. The summed E-state index contributed by atoms with van der Waals surface area (Å²) in [5, 5.41) is 7.71. The molecule has 1 aliphatic carbocycles. The van der Waals surface area contributed by atoms with Gasteiger partial charge in [-0.05, 0) is 43.3 Å². The minimum absolute atomic E-state index is 0.334. The molecule has 1 fully saturated rings. The number of rotatable bonds is 3. The molecule has 1 aromatic heterocycles. The van der Waals surface area contributed by atoms with Crippen molar-refractivity contribution < 1.29 is 0 Å². The monoisotopic (exact) mass is 313 g/mol. The highest BCUT2D eigenvalue weighted by Gasteiger charge is 2.45. The molecule has 6 heteroatoms. The highest BCUT2D eigenvalue weighted by atomic mass is 32.1. The van der Waals surface area contributed by atoms with Gasteiger partial charge in [0.25, 0.3) is 0 Å². The van der Waals surface area contributed by atoms with Gasteiger partial charge in [0.1, 0.15) is 5.66 Å². The van der Waals surface area contributed by atoms with Crippen molar-refractivity contribution in [2.75, 3.05) is 5.32 Å². The number of para-hydroxylation sites is 1. The Balaban J connectivity index is 1.41. The van der Waals surface area contributed by atoms with Gasteiger partial charge in [0.2, 0.25) is 0 Å². The van der Waals surface area contributed by atoms with Gasteiger partial charge in [0.05, 0.1) is 10.2 Å². The highest BCUT2D eigenvalue weighted by Crippen LogP contribution is 2.39. The number of aromatic nitrogens is 1. The van der Waals surface area contributed by atoms with Gasteiger partial charge in [-0.3, -0.25) is 0 Å². The molecule has 6 N–H and O–H groups in total. The lowest BCUT2D eigenvalue weighted by Gasteiger charge is -2.48. The van der Waals surface area contributed by atoms with Crippen LogP contribution < -0.4 is 22.1 Å². The summed E-state index contributed by atoms with van der Waals surface area (Å²) in [6.45, 7) is 0. The SMILES string of the molecule is NC1=CC=CNC1(N)C1CC(Nc2nc3ccccc3s2)C1. The van der Waals surface area contributed by atoms with Crippen LogP contribution in [-0.4, -0.2) is 16.7 Å². The summed E-state index contributed by atoms with van der Waals surface area (Å²) in [6, 6.07) is 8.60. The molecule has 4 rings (SSSR count). The number of fused-ring (bicyclic) bond motifs is 1. The molecule has 0 bridgehead atoms. The fraction of sp³-hybridized carbons (Fsp3) is 0.312. The predicted molar refractivity (Wildman–Crippen MR) is 91.2 cm³/mol. The summed E-state index contributed by atoms with van der Waals surface area (Å²) >= 11 is 1.69. The Hall–Kier alpha value is -2.05. The third kappa shape index (κ3) is 2.15. The second-order valence-electron chi connectivity index (χ2n) is 5.99. The first kappa shape index (κ1) is 13.6. The molecule has 114 valence electrons. The number of anilines is 1. The van der Waals surface area contributed by atoms with E-state index in [4.69, 9.17) is 11.5 Å². The molecule has 0 radical (unpaired) electrons. The minimum atomic E-state index is -0.611. The number of nitrogens with zero attached hydrogens (tertiary/aromatic N) is 1. The molecule has 1 unspecified atom stereocenters. The van der Waals surface area contributed by atoms with Crippen molar-refractivity contribution >= 4 is 26.7 Å². The maximum Gasteiger partial charge on any atom is 0.184 e. The fourth-order valence-corrected chi connectivity index (χ4v) is 4.07. The van der Waals surface area contributed by atoms with E-state index in [1.807, 2.05) is 36.6 Å². The Labute approximate surface area is 133 Å². The van der Waals surface area contributed by atoms with E-state index in [2.05, 4.69) is 21.7 Å². The average molecular weight is 313 g/mol. The van der Waals surface area contributed by atoms with Crippen LogP contribution in [-0.2, 0) is 0 Å². The van der Waals surface area contributed by atoms with E-state index in [0.29, 0.717) is 17.7 Å². The molecule has 2 aromatic rings. The molecule has 22 heavy (non-hydrogen) atoms. The van der Waals surface area contributed by atoms with E-state index in [0.717, 1.165) is 23.5 Å². The summed E-state index contributed by atoms with van der Waals surface area (Å²) in [5.41, 5.74) is 13.6. The molecule has 2 heterocycles. The number of nitrogens with one attached hydrogen (secondary N) is 2. The van der Waals surface area contributed by atoms with Gasteiger partial charge >= 0.3 is 0 Å². The van der Waals surface area contributed by atoms with Gasteiger partial charge < -0.3 is 22.1 Å². The molecule has 2 aliphatic rings. The van der Waals surface area contributed by atoms with Crippen molar-refractivity contribution in [2.45, 2.75) is 24.5 Å². The zero-order valence-electron chi connectivity index (χ0n) is 12.1. The second-order valence-corrected chi connectivity index (χ2v) is 7.02. The van der Waals surface area contributed by atoms with Gasteiger partial charge in [-0.2, -0.15) is 0 Å². The van der Waals surface area contributed by atoms with Crippen LogP contribution in [0.1, 0.15) is 12.8 Å². The topological polar surface area (TPSA) is 89.0 Å². The van der Waals surface area contributed by atoms with Gasteiger partial charge in [-0.1, -0.05) is 23.5 Å². The van der Waals surface area contributed by atoms with Crippen LogP contribution in [0.15, 0.2) is 48.3 Å². The summed E-state index contributed by atoms with van der Waals surface area (Å²) in [7, 11) is 0. The fourth-order valence-electron chi connectivity index (χ4n) is 3.13. The lowest BCUT2D eigenvalue weighted by molar-refractivity contribution is 0.158. The predicted octanol–water partition coefficient (Wildman–Crippen LogP) is 2.10. The molecule has 1 atom stereocenters. The Morgan fingerprint density at radius 3 is 2.91 bits per heavy atom. The van der Waals surface area contributed by atoms with Crippen LogP contribution in [0.2, 0.25) is 0 Å². The van der Waals surface area contributed by atoms with Crippen LogP contribution >= 0.6 is 11.3 Å². The van der Waals surface area contributed by atoms with Crippen LogP contribution in [0.5, 0.6) is 0 Å². The first-order valence-electron chi connectivity index (χ1n) is 7.46. The van der Waals surface area contributed by atoms with Crippen molar-refractivity contribution in [1.29, 1.82) is 0 Å². The number of benzene rings is 1. The summed E-state index contributed by atoms with van der Waals surface area (Å²) in [5.74, 6) is 0.334. The van der Waals surface area contributed by atoms with E-state index in [9.17, 15) is 0 Å². The molecular weight excluding hydrogens is 294 g/mol. The maximum atomic E-state index is 6.43. The van der Waals surface area contributed by atoms with E-state index >= 15 is 0 Å². The Kier molecular flexibility index (Phi) is 3.09. The molecule has 0 amide bonds. The van der Waals surface area contributed by atoms with Crippen molar-refractivity contribution in [2.24, 2.45) is 17.4 Å². The highest BCUT2D eigenvalue weighted by molar-refractivity contribution is 7.22. The number of thiazole rings is 1. The average Bonchev–Trinajstić information content (AvgIpc) is 2.88. The van der Waals surface area contributed by atoms with Gasteiger partial charge in [-0.25, -0.2) is 4.98 Å². The molecule has 0 saturated heterocycles. The van der Waals surface area contributed by atoms with Crippen LogP contribution in [0.3, 0.4) is 0 Å².